The van der Waals surface area contributed by atoms with Crippen molar-refractivity contribution in [2.45, 2.75) is 13.8 Å². The molecule has 0 atom stereocenters. The maximum Gasteiger partial charge on any atom is 0.315 e. The zero-order valence-electron chi connectivity index (χ0n) is 15.1. The monoisotopic (exact) mass is 407 g/mol. The van der Waals surface area contributed by atoms with Gasteiger partial charge in [-0.05, 0) is 43.7 Å². The van der Waals surface area contributed by atoms with Crippen molar-refractivity contribution < 1.29 is 24.3 Å². The second-order valence-electron chi connectivity index (χ2n) is 5.57. The fraction of sp³-hybridized carbons (Fsp3) is 0.222. The van der Waals surface area contributed by atoms with Gasteiger partial charge in [0.25, 0.3) is 5.91 Å². The number of aryl methyl sites for hydroxylation is 1. The molecule has 0 saturated heterocycles. The van der Waals surface area contributed by atoms with Gasteiger partial charge >= 0.3 is 5.69 Å². The number of nitrogens with one attached hydrogen (secondary N) is 1. The lowest BCUT2D eigenvalue weighted by Gasteiger charge is -2.08. The van der Waals surface area contributed by atoms with E-state index in [2.05, 4.69) is 10.5 Å². The molecule has 0 saturated carbocycles. The number of amides is 1. The van der Waals surface area contributed by atoms with Gasteiger partial charge in [0.05, 0.1) is 17.7 Å². The summed E-state index contributed by atoms with van der Waals surface area (Å²) in [5, 5.41) is 25.2. The minimum atomic E-state index is -0.740. The molecule has 148 valence electrons. The van der Waals surface area contributed by atoms with E-state index in [0.29, 0.717) is 10.8 Å². The van der Waals surface area contributed by atoms with Crippen LogP contribution in [0.4, 0.5) is 5.69 Å². The molecule has 0 heterocycles. The first-order chi connectivity index (χ1) is 13.3. The molecule has 2 aromatic rings. The largest absolute Gasteiger partial charge is 0.500 e. The van der Waals surface area contributed by atoms with E-state index in [1.807, 2.05) is 0 Å². The van der Waals surface area contributed by atoms with E-state index >= 15 is 0 Å². The van der Waals surface area contributed by atoms with Crippen molar-refractivity contribution >= 4 is 29.4 Å². The molecule has 28 heavy (non-hydrogen) atoms. The number of carbonyl (C=O) groups excluding carboxylic acids is 1. The first kappa shape index (κ1) is 21.0. The highest BCUT2D eigenvalue weighted by atomic mass is 35.5. The van der Waals surface area contributed by atoms with Gasteiger partial charge in [-0.15, -0.1) is 0 Å². The number of nitrogens with zero attached hydrogens (tertiary/aromatic N) is 2. The average Bonchev–Trinajstić information content (AvgIpc) is 2.63. The Hall–Kier alpha value is -3.33. The number of rotatable bonds is 8. The summed E-state index contributed by atoms with van der Waals surface area (Å²) in [6.45, 7) is 3.41. The topological polar surface area (TPSA) is 123 Å². The van der Waals surface area contributed by atoms with Crippen LogP contribution in [0.1, 0.15) is 18.1 Å². The SMILES string of the molecule is CCOc1cc(/C=N/NC(=O)COc2ccc(Cl)cc2C)cc([N+](=O)[O-])c1O. The van der Waals surface area contributed by atoms with E-state index in [1.165, 1.54) is 12.3 Å². The number of halogens is 1. The molecule has 10 heteroatoms. The zero-order chi connectivity index (χ0) is 20.7. The number of phenols is 1. The van der Waals surface area contributed by atoms with Crippen LogP contribution in [0.15, 0.2) is 35.4 Å². The molecule has 0 aromatic heterocycles. The van der Waals surface area contributed by atoms with E-state index in [9.17, 15) is 20.0 Å². The summed E-state index contributed by atoms with van der Waals surface area (Å²) in [4.78, 5) is 22.1. The van der Waals surface area contributed by atoms with Gasteiger partial charge in [0.2, 0.25) is 5.75 Å². The van der Waals surface area contributed by atoms with Crippen LogP contribution in [0.25, 0.3) is 0 Å². The van der Waals surface area contributed by atoms with Crippen LogP contribution in [-0.2, 0) is 4.79 Å². The minimum absolute atomic E-state index is 0.0500. The lowest BCUT2D eigenvalue weighted by Crippen LogP contribution is -2.24. The highest BCUT2D eigenvalue weighted by molar-refractivity contribution is 6.30. The molecular formula is C18H18ClN3O6. The van der Waals surface area contributed by atoms with Gasteiger partial charge in [0.15, 0.2) is 12.4 Å². The molecule has 2 rings (SSSR count). The Kier molecular flexibility index (Phi) is 7.16. The van der Waals surface area contributed by atoms with Crippen molar-refractivity contribution in [1.82, 2.24) is 5.43 Å². The van der Waals surface area contributed by atoms with Crippen molar-refractivity contribution in [3.63, 3.8) is 0 Å². The Morgan fingerprint density at radius 2 is 2.07 bits per heavy atom. The van der Waals surface area contributed by atoms with Crippen molar-refractivity contribution in [3.05, 3.63) is 56.6 Å². The number of nitro groups is 1. The third-order valence-corrected chi connectivity index (χ3v) is 3.71. The Balaban J connectivity index is 2.01. The van der Waals surface area contributed by atoms with Gasteiger partial charge in [-0.3, -0.25) is 14.9 Å². The second kappa shape index (κ2) is 9.56. The number of nitro benzene ring substituents is 1. The molecule has 0 aliphatic heterocycles. The molecule has 1 amide bonds. The van der Waals surface area contributed by atoms with Crippen molar-refractivity contribution in [1.29, 1.82) is 0 Å². The summed E-state index contributed by atoms with van der Waals surface area (Å²) in [5.74, 6) is -0.631. The van der Waals surface area contributed by atoms with Gasteiger partial charge in [-0.25, -0.2) is 5.43 Å². The number of ether oxygens (including phenoxy) is 2. The number of phenolic OH excluding ortho intramolecular Hbond substituents is 1. The van der Waals surface area contributed by atoms with Crippen LogP contribution < -0.4 is 14.9 Å². The van der Waals surface area contributed by atoms with Crippen LogP contribution >= 0.6 is 11.6 Å². The molecular weight excluding hydrogens is 390 g/mol. The maximum absolute atomic E-state index is 11.8. The molecule has 0 radical (unpaired) electrons. The first-order valence-electron chi connectivity index (χ1n) is 8.16. The summed E-state index contributed by atoms with van der Waals surface area (Å²) in [6, 6.07) is 7.49. The average molecular weight is 408 g/mol. The van der Waals surface area contributed by atoms with Crippen molar-refractivity contribution in [2.24, 2.45) is 5.10 Å². The van der Waals surface area contributed by atoms with E-state index in [1.54, 1.807) is 32.0 Å². The molecule has 0 unspecified atom stereocenters. The minimum Gasteiger partial charge on any atom is -0.500 e. The molecule has 0 spiro atoms. The van der Waals surface area contributed by atoms with Crippen molar-refractivity contribution in [3.8, 4) is 17.2 Å². The van der Waals surface area contributed by atoms with Crippen LogP contribution in [-0.4, -0.2) is 35.4 Å². The number of aromatic hydroxyl groups is 1. The normalized spacial score (nSPS) is 10.7. The number of benzene rings is 2. The summed E-state index contributed by atoms with van der Waals surface area (Å²) in [6.07, 6.45) is 1.19. The summed E-state index contributed by atoms with van der Waals surface area (Å²) < 4.78 is 10.6. The number of carbonyl (C=O) groups is 1. The van der Waals surface area contributed by atoms with E-state index in [-0.39, 0.29) is 24.5 Å². The van der Waals surface area contributed by atoms with E-state index in [0.717, 1.165) is 11.6 Å². The van der Waals surface area contributed by atoms with Crippen LogP contribution in [0.5, 0.6) is 17.2 Å². The molecule has 0 aliphatic carbocycles. The third kappa shape index (κ3) is 5.58. The number of hydrogen-bond donors (Lipinski definition) is 2. The van der Waals surface area contributed by atoms with Gasteiger partial charge in [0.1, 0.15) is 5.75 Å². The number of hydrogen-bond acceptors (Lipinski definition) is 7. The van der Waals surface area contributed by atoms with Crippen LogP contribution in [0.2, 0.25) is 5.02 Å². The third-order valence-electron chi connectivity index (χ3n) is 3.47. The predicted octanol–water partition coefficient (Wildman–Crippen LogP) is 3.19. The highest BCUT2D eigenvalue weighted by Gasteiger charge is 2.19. The fourth-order valence-corrected chi connectivity index (χ4v) is 2.45. The van der Waals surface area contributed by atoms with Crippen LogP contribution in [0, 0.1) is 17.0 Å². The maximum atomic E-state index is 11.8. The molecule has 2 aromatic carbocycles. The van der Waals surface area contributed by atoms with E-state index in [4.69, 9.17) is 21.1 Å². The molecule has 0 bridgehead atoms. The van der Waals surface area contributed by atoms with Gasteiger partial charge < -0.3 is 14.6 Å². The van der Waals surface area contributed by atoms with Gasteiger partial charge in [-0.2, -0.15) is 5.10 Å². The molecule has 2 N–H and O–H groups in total. The van der Waals surface area contributed by atoms with Crippen molar-refractivity contribution in [2.75, 3.05) is 13.2 Å². The quantitative estimate of drug-likeness (QED) is 0.393. The first-order valence-corrected chi connectivity index (χ1v) is 8.54. The zero-order valence-corrected chi connectivity index (χ0v) is 15.9. The van der Waals surface area contributed by atoms with Crippen LogP contribution in [0.3, 0.4) is 0 Å². The van der Waals surface area contributed by atoms with Gasteiger partial charge in [-0.1, -0.05) is 11.6 Å². The molecule has 9 nitrogen and oxygen atoms in total. The molecule has 0 fully saturated rings. The Morgan fingerprint density at radius 3 is 2.71 bits per heavy atom. The second-order valence-corrected chi connectivity index (χ2v) is 6.01. The van der Waals surface area contributed by atoms with Gasteiger partial charge in [0, 0.05) is 16.7 Å². The standard InChI is InChI=1S/C18H18ClN3O6/c1-3-27-16-8-12(7-14(18(16)24)22(25)26)9-20-21-17(23)10-28-15-5-4-13(19)6-11(15)2/h4-9,24H,3,10H2,1-2H3,(H,21,23)/b20-9+. The van der Waals surface area contributed by atoms with E-state index < -0.39 is 22.3 Å². The number of hydrazone groups is 1. The Morgan fingerprint density at radius 1 is 1.32 bits per heavy atom. The lowest BCUT2D eigenvalue weighted by molar-refractivity contribution is -0.386. The summed E-state index contributed by atoms with van der Waals surface area (Å²) in [7, 11) is 0. The Bertz CT molecular complexity index is 916. The predicted molar refractivity (Wildman–Crippen MR) is 103 cm³/mol. The highest BCUT2D eigenvalue weighted by Crippen LogP contribution is 2.36. The Labute approximate surface area is 165 Å². The summed E-state index contributed by atoms with van der Waals surface area (Å²) >= 11 is 5.86. The fourth-order valence-electron chi connectivity index (χ4n) is 2.22. The smallest absolute Gasteiger partial charge is 0.315 e. The molecule has 0 aliphatic rings. The summed E-state index contributed by atoms with van der Waals surface area (Å²) in [5.41, 5.74) is 2.77. The lowest BCUT2D eigenvalue weighted by atomic mass is 10.2.